The fourth-order valence-corrected chi connectivity index (χ4v) is 5.78. The Kier molecular flexibility index (Phi) is 6.61. The number of carboxylic acids is 1. The van der Waals surface area contributed by atoms with Gasteiger partial charge in [0.15, 0.2) is 11.6 Å². The Labute approximate surface area is 219 Å². The number of aromatic nitrogens is 1. The minimum Gasteiger partial charge on any atom is -0.507 e. The van der Waals surface area contributed by atoms with E-state index >= 15 is 0 Å². The van der Waals surface area contributed by atoms with Crippen LogP contribution in [0.1, 0.15) is 47.8 Å². The Bertz CT molecular complexity index is 1550. The highest BCUT2D eigenvalue weighted by molar-refractivity contribution is 6.04. The first-order valence-corrected chi connectivity index (χ1v) is 12.5. The van der Waals surface area contributed by atoms with Gasteiger partial charge in [-0.1, -0.05) is 25.5 Å². The number of phenolic OH excluding ortho intramolecular Hbond substituents is 1. The van der Waals surface area contributed by atoms with Gasteiger partial charge in [-0.05, 0) is 54.7 Å². The van der Waals surface area contributed by atoms with Crippen LogP contribution in [0, 0.1) is 11.6 Å². The van der Waals surface area contributed by atoms with Crippen LogP contribution >= 0.6 is 0 Å². The molecule has 1 fully saturated rings. The third-order valence-electron chi connectivity index (χ3n) is 7.64. The van der Waals surface area contributed by atoms with Crippen LogP contribution in [0.2, 0.25) is 0 Å². The van der Waals surface area contributed by atoms with E-state index in [0.717, 1.165) is 31.0 Å². The maximum absolute atomic E-state index is 14.8. The van der Waals surface area contributed by atoms with Crippen LogP contribution in [0.5, 0.6) is 11.5 Å². The van der Waals surface area contributed by atoms with E-state index in [1.165, 1.54) is 19.2 Å². The van der Waals surface area contributed by atoms with Gasteiger partial charge in [0, 0.05) is 41.6 Å². The summed E-state index contributed by atoms with van der Waals surface area (Å²) < 4.78 is 42.0. The fraction of sp³-hybridized carbons (Fsp3) is 0.300. The summed E-state index contributed by atoms with van der Waals surface area (Å²) in [6.07, 6.45) is 3.02. The van der Waals surface area contributed by atoms with Crippen molar-refractivity contribution in [2.75, 3.05) is 20.8 Å². The number of carboxylic acid groups (broad SMARTS) is 1. The zero-order chi connectivity index (χ0) is 27.2. The van der Waals surface area contributed by atoms with Gasteiger partial charge in [0.1, 0.15) is 11.6 Å². The summed E-state index contributed by atoms with van der Waals surface area (Å²) >= 11 is 0. The van der Waals surface area contributed by atoms with Gasteiger partial charge in [-0.3, -0.25) is 0 Å². The summed E-state index contributed by atoms with van der Waals surface area (Å²) in [5, 5.41) is 21.2. The number of carbonyl (C=O) groups is 1. The number of benzene rings is 3. The van der Waals surface area contributed by atoms with Crippen molar-refractivity contribution in [1.29, 1.82) is 0 Å². The number of aromatic carboxylic acids is 1. The molecule has 0 bridgehead atoms. The Hall–Kier alpha value is -3.91. The molecule has 0 atom stereocenters. The van der Waals surface area contributed by atoms with Crippen LogP contribution in [-0.4, -0.2) is 41.6 Å². The Morgan fingerprint density at radius 3 is 2.45 bits per heavy atom. The van der Waals surface area contributed by atoms with Crippen molar-refractivity contribution in [3.63, 3.8) is 0 Å². The molecule has 0 spiro atoms. The lowest BCUT2D eigenvalue weighted by molar-refractivity contribution is 0.0695. The van der Waals surface area contributed by atoms with Crippen molar-refractivity contribution in [3.8, 4) is 28.3 Å². The van der Waals surface area contributed by atoms with Crippen molar-refractivity contribution in [3.05, 3.63) is 77.0 Å². The Morgan fingerprint density at radius 2 is 1.84 bits per heavy atom. The lowest BCUT2D eigenvalue weighted by atomic mass is 9.65. The molecule has 8 heteroatoms. The number of ether oxygens (including phenoxy) is 2. The van der Waals surface area contributed by atoms with Crippen molar-refractivity contribution in [2.45, 2.75) is 38.0 Å². The van der Waals surface area contributed by atoms with Crippen molar-refractivity contribution in [2.24, 2.45) is 0 Å². The predicted molar refractivity (Wildman–Crippen MR) is 141 cm³/mol. The number of fused-ring (bicyclic) bond motifs is 1. The molecule has 0 unspecified atom stereocenters. The summed E-state index contributed by atoms with van der Waals surface area (Å²) in [5.74, 6) is -2.38. The van der Waals surface area contributed by atoms with Crippen molar-refractivity contribution < 1.29 is 33.3 Å². The average Bonchev–Trinajstić information content (AvgIpc) is 3.21. The normalized spacial score (nSPS) is 14.4. The van der Waals surface area contributed by atoms with Crippen molar-refractivity contribution in [1.82, 2.24) is 4.57 Å². The molecule has 1 aliphatic rings. The number of aromatic hydroxyl groups is 1. The van der Waals surface area contributed by atoms with E-state index in [4.69, 9.17) is 9.47 Å². The lowest BCUT2D eigenvalue weighted by Gasteiger charge is -2.43. The van der Waals surface area contributed by atoms with Gasteiger partial charge < -0.3 is 24.3 Å². The number of hydrogen-bond acceptors (Lipinski definition) is 4. The molecular weight excluding hydrogens is 492 g/mol. The number of hydrogen-bond donors (Lipinski definition) is 2. The second-order valence-corrected chi connectivity index (χ2v) is 9.79. The summed E-state index contributed by atoms with van der Waals surface area (Å²) in [6.45, 7) is 2.26. The van der Waals surface area contributed by atoms with Crippen LogP contribution < -0.4 is 4.74 Å². The van der Waals surface area contributed by atoms with Gasteiger partial charge in [-0.25, -0.2) is 13.6 Å². The highest BCUT2D eigenvalue weighted by atomic mass is 19.1. The molecule has 1 heterocycles. The van der Waals surface area contributed by atoms with E-state index in [1.807, 2.05) is 17.6 Å². The number of phenols is 1. The smallest absolute Gasteiger partial charge is 0.335 e. The van der Waals surface area contributed by atoms with Crippen LogP contribution in [-0.2, 0) is 16.6 Å². The first-order valence-electron chi connectivity index (χ1n) is 12.5. The van der Waals surface area contributed by atoms with E-state index in [2.05, 4.69) is 0 Å². The molecule has 0 radical (unpaired) electrons. The molecule has 2 N–H and O–H groups in total. The molecule has 4 aromatic rings. The van der Waals surface area contributed by atoms with Gasteiger partial charge in [-0.2, -0.15) is 0 Å². The molecule has 1 aromatic heterocycles. The molecule has 6 nitrogen and oxygen atoms in total. The molecule has 0 aliphatic heterocycles. The standard InChI is InChI=1S/C30H29F2NO5/c1-4-17-12-18(6-8-21(17)29(35)36)26-27-23(13-19(31)14-24(27)34)33(20-7-9-22(32)25(15-20)38-3)28(26)30(16-37-2)10-5-11-30/h6-9,12-15,34H,4-5,10-11,16H2,1-3H3,(H,35,36). The molecular formula is C30H29F2NO5. The number of aryl methyl sites for hydroxylation is 1. The second-order valence-electron chi connectivity index (χ2n) is 9.79. The van der Waals surface area contributed by atoms with Crippen LogP contribution in [0.25, 0.3) is 27.7 Å². The fourth-order valence-electron chi connectivity index (χ4n) is 5.78. The quantitative estimate of drug-likeness (QED) is 0.272. The lowest BCUT2D eigenvalue weighted by Crippen LogP contribution is -2.41. The average molecular weight is 522 g/mol. The second kappa shape index (κ2) is 9.76. The first-order chi connectivity index (χ1) is 18.2. The van der Waals surface area contributed by atoms with Gasteiger partial charge in [0.25, 0.3) is 0 Å². The van der Waals surface area contributed by atoms with E-state index in [9.17, 15) is 23.8 Å². The highest BCUT2D eigenvalue weighted by Gasteiger charge is 2.45. The minimum atomic E-state index is -1.02. The third-order valence-corrected chi connectivity index (χ3v) is 7.64. The zero-order valence-corrected chi connectivity index (χ0v) is 21.5. The highest BCUT2D eigenvalue weighted by Crippen LogP contribution is 2.53. The predicted octanol–water partition coefficient (Wildman–Crippen LogP) is 6.62. The number of rotatable bonds is 8. The van der Waals surface area contributed by atoms with E-state index in [0.29, 0.717) is 46.3 Å². The summed E-state index contributed by atoms with van der Waals surface area (Å²) in [7, 11) is 3.00. The minimum absolute atomic E-state index is 0.0333. The van der Waals surface area contributed by atoms with E-state index < -0.39 is 23.0 Å². The molecule has 0 saturated heterocycles. The SMILES string of the molecule is CCc1cc(-c2c(C3(COC)CCC3)n(-c3ccc(F)c(OC)c3)c3cc(F)cc(O)c23)ccc1C(=O)O. The van der Waals surface area contributed by atoms with Crippen LogP contribution in [0.15, 0.2) is 48.5 Å². The summed E-state index contributed by atoms with van der Waals surface area (Å²) in [4.78, 5) is 11.8. The maximum Gasteiger partial charge on any atom is 0.335 e. The summed E-state index contributed by atoms with van der Waals surface area (Å²) in [5.41, 5.74) is 3.49. The molecule has 3 aromatic carbocycles. The van der Waals surface area contributed by atoms with Gasteiger partial charge >= 0.3 is 5.97 Å². The van der Waals surface area contributed by atoms with Crippen molar-refractivity contribution >= 4 is 16.9 Å². The first kappa shape index (κ1) is 25.7. The van der Waals surface area contributed by atoms with Gasteiger partial charge in [0.2, 0.25) is 0 Å². The molecule has 5 rings (SSSR count). The molecule has 0 amide bonds. The van der Waals surface area contributed by atoms with E-state index in [1.54, 1.807) is 31.4 Å². The van der Waals surface area contributed by atoms with Gasteiger partial charge in [0.05, 0.1) is 30.2 Å². The topological polar surface area (TPSA) is 80.9 Å². The third kappa shape index (κ3) is 4.00. The number of nitrogens with zero attached hydrogens (tertiary/aromatic N) is 1. The molecule has 1 aliphatic carbocycles. The largest absolute Gasteiger partial charge is 0.507 e. The Morgan fingerprint density at radius 1 is 1.08 bits per heavy atom. The molecule has 1 saturated carbocycles. The summed E-state index contributed by atoms with van der Waals surface area (Å²) in [6, 6.07) is 12.0. The molecule has 198 valence electrons. The van der Waals surface area contributed by atoms with Crippen LogP contribution in [0.3, 0.4) is 0 Å². The zero-order valence-electron chi connectivity index (χ0n) is 21.5. The number of methoxy groups -OCH3 is 2. The maximum atomic E-state index is 14.8. The Balaban J connectivity index is 1.96. The van der Waals surface area contributed by atoms with Crippen LogP contribution in [0.4, 0.5) is 8.78 Å². The van der Waals surface area contributed by atoms with E-state index in [-0.39, 0.29) is 17.1 Å². The monoisotopic (exact) mass is 521 g/mol. The van der Waals surface area contributed by atoms with Gasteiger partial charge in [-0.15, -0.1) is 0 Å². The molecule has 38 heavy (non-hydrogen) atoms. The number of halogens is 2.